The van der Waals surface area contributed by atoms with Crippen molar-refractivity contribution in [3.05, 3.63) is 23.8 Å². The fraction of sp³-hybridized carbons (Fsp3) is 0.739. The van der Waals surface area contributed by atoms with Crippen molar-refractivity contribution in [3.8, 4) is 0 Å². The highest BCUT2D eigenvalue weighted by Gasteiger charge is 2.74. The van der Waals surface area contributed by atoms with Gasteiger partial charge in [0.2, 0.25) is 0 Å². The molecule has 5 nitrogen and oxygen atoms in total. The van der Waals surface area contributed by atoms with Crippen molar-refractivity contribution in [3.63, 3.8) is 0 Å². The second kappa shape index (κ2) is 7.22. The van der Waals surface area contributed by atoms with Gasteiger partial charge in [0.15, 0.2) is 17.2 Å². The third-order valence-electron chi connectivity index (χ3n) is 8.76. The Balaban J connectivity index is 1.79. The monoisotopic (exact) mass is 440 g/mol. The van der Waals surface area contributed by atoms with Crippen LogP contribution in [0.15, 0.2) is 23.8 Å². The van der Waals surface area contributed by atoms with E-state index < -0.39 is 34.1 Å². The van der Waals surface area contributed by atoms with Gasteiger partial charge in [-0.05, 0) is 57.1 Å². The number of fused-ring (bicyclic) bond motifs is 5. The van der Waals surface area contributed by atoms with E-state index in [0.717, 1.165) is 5.57 Å². The SMILES string of the molecule is COCO[C@]1(C(=O)CCl)CC[C@H]2[C@@H]3CCC4=CC(=O)C=C[C@]4(C)[C@@]3(F)C(O)C[C@@]21C. The normalized spacial score (nSPS) is 47.3. The maximum atomic E-state index is 17.0. The van der Waals surface area contributed by atoms with E-state index in [2.05, 4.69) is 0 Å². The number of alkyl halides is 2. The van der Waals surface area contributed by atoms with Crippen LogP contribution in [0.4, 0.5) is 4.39 Å². The van der Waals surface area contributed by atoms with Crippen molar-refractivity contribution in [2.45, 2.75) is 63.3 Å². The molecule has 4 rings (SSSR count). The molecular formula is C23H30ClFO5. The highest BCUT2D eigenvalue weighted by atomic mass is 35.5. The molecule has 0 aromatic rings. The minimum Gasteiger partial charge on any atom is -0.390 e. The maximum Gasteiger partial charge on any atom is 0.179 e. The summed E-state index contributed by atoms with van der Waals surface area (Å²) in [4.78, 5) is 24.9. The Morgan fingerprint density at radius 2 is 2.07 bits per heavy atom. The Morgan fingerprint density at radius 1 is 1.33 bits per heavy atom. The average Bonchev–Trinajstić information content (AvgIpc) is 3.00. The standard InChI is InChI=1S/C23H30ClFO5/c1-20-8-6-15(26)10-14(20)4-5-17-16-7-9-22(19(28)12-24,30-13-29-3)21(16,2)11-18(27)23(17,20)25/h6,8,10,16-18,27H,4-5,7,9,11-13H2,1-3H3/t16-,17-,18?,20-,21-,22-,23-/m0/s1. The maximum absolute atomic E-state index is 17.0. The highest BCUT2D eigenvalue weighted by Crippen LogP contribution is 2.70. The number of aliphatic hydroxyl groups is 1. The molecule has 4 aliphatic carbocycles. The van der Waals surface area contributed by atoms with Gasteiger partial charge in [-0.15, -0.1) is 11.6 Å². The first-order valence-electron chi connectivity index (χ1n) is 10.6. The second-order valence-electron chi connectivity index (χ2n) is 9.74. The zero-order valence-corrected chi connectivity index (χ0v) is 18.5. The summed E-state index contributed by atoms with van der Waals surface area (Å²) < 4.78 is 28.1. The van der Waals surface area contributed by atoms with E-state index in [1.54, 1.807) is 13.0 Å². The van der Waals surface area contributed by atoms with Gasteiger partial charge in [-0.1, -0.05) is 18.6 Å². The van der Waals surface area contributed by atoms with E-state index in [4.69, 9.17) is 21.1 Å². The molecule has 1 unspecified atom stereocenters. The molecule has 0 aromatic heterocycles. The van der Waals surface area contributed by atoms with Crippen molar-refractivity contribution in [1.82, 2.24) is 0 Å². The predicted molar refractivity (Wildman–Crippen MR) is 110 cm³/mol. The number of Topliss-reactive ketones (excluding diaryl/α,β-unsaturated/α-hetero) is 1. The number of aliphatic hydroxyl groups excluding tert-OH is 1. The van der Waals surface area contributed by atoms with Gasteiger partial charge >= 0.3 is 0 Å². The summed E-state index contributed by atoms with van der Waals surface area (Å²) in [6, 6.07) is 0. The first-order chi connectivity index (χ1) is 14.1. The first kappa shape index (κ1) is 22.1. The van der Waals surface area contributed by atoms with Gasteiger partial charge in [0.05, 0.1) is 12.0 Å². The number of carbonyl (C=O) groups is 2. The molecular weight excluding hydrogens is 411 g/mol. The lowest BCUT2D eigenvalue weighted by Crippen LogP contribution is -2.69. The van der Waals surface area contributed by atoms with Gasteiger partial charge in [0.1, 0.15) is 12.4 Å². The van der Waals surface area contributed by atoms with Crippen LogP contribution in [0, 0.1) is 22.7 Å². The van der Waals surface area contributed by atoms with Crippen LogP contribution in [0.1, 0.15) is 46.0 Å². The van der Waals surface area contributed by atoms with Gasteiger partial charge in [0, 0.05) is 23.9 Å². The summed E-state index contributed by atoms with van der Waals surface area (Å²) in [5.41, 5.74) is -4.18. The smallest absolute Gasteiger partial charge is 0.179 e. The van der Waals surface area contributed by atoms with Crippen molar-refractivity contribution < 1.29 is 28.6 Å². The molecule has 0 heterocycles. The number of hydrogen-bond donors (Lipinski definition) is 1. The number of ketones is 2. The molecule has 166 valence electrons. The second-order valence-corrected chi connectivity index (χ2v) is 10.0. The van der Waals surface area contributed by atoms with Crippen LogP contribution >= 0.6 is 11.6 Å². The molecule has 7 atom stereocenters. The zero-order chi connectivity index (χ0) is 21.9. The Hall–Kier alpha value is -1.08. The topological polar surface area (TPSA) is 72.8 Å². The van der Waals surface area contributed by atoms with Gasteiger partial charge < -0.3 is 14.6 Å². The third-order valence-corrected chi connectivity index (χ3v) is 9.00. The summed E-state index contributed by atoms with van der Waals surface area (Å²) in [5, 5.41) is 11.3. The molecule has 0 radical (unpaired) electrons. The Labute approximate surface area is 181 Å². The van der Waals surface area contributed by atoms with Crippen molar-refractivity contribution in [1.29, 1.82) is 0 Å². The van der Waals surface area contributed by atoms with E-state index in [1.807, 2.05) is 6.92 Å². The Morgan fingerprint density at radius 3 is 2.73 bits per heavy atom. The minimum atomic E-state index is -1.92. The number of allylic oxidation sites excluding steroid dienone is 4. The van der Waals surface area contributed by atoms with E-state index in [-0.39, 0.29) is 36.6 Å². The van der Waals surface area contributed by atoms with Crippen LogP contribution in [0.3, 0.4) is 0 Å². The summed E-state index contributed by atoms with van der Waals surface area (Å²) in [5.74, 6) is -1.19. The summed E-state index contributed by atoms with van der Waals surface area (Å²) >= 11 is 5.97. The molecule has 30 heavy (non-hydrogen) atoms. The fourth-order valence-electron chi connectivity index (χ4n) is 7.24. The molecule has 0 bridgehead atoms. The van der Waals surface area contributed by atoms with Crippen LogP contribution in [-0.4, -0.2) is 53.8 Å². The van der Waals surface area contributed by atoms with E-state index in [9.17, 15) is 14.7 Å². The van der Waals surface area contributed by atoms with Crippen molar-refractivity contribution in [2.24, 2.45) is 22.7 Å². The number of hydrogen-bond acceptors (Lipinski definition) is 5. The fourth-order valence-corrected chi connectivity index (χ4v) is 7.46. The lowest BCUT2D eigenvalue weighted by atomic mass is 9.44. The van der Waals surface area contributed by atoms with E-state index in [0.29, 0.717) is 25.7 Å². The molecule has 0 aliphatic heterocycles. The van der Waals surface area contributed by atoms with Gasteiger partial charge in [-0.3, -0.25) is 9.59 Å². The number of halogens is 2. The molecule has 0 amide bonds. The van der Waals surface area contributed by atoms with Gasteiger partial charge in [-0.2, -0.15) is 0 Å². The number of methoxy groups -OCH3 is 1. The van der Waals surface area contributed by atoms with E-state index >= 15 is 4.39 Å². The summed E-state index contributed by atoms with van der Waals surface area (Å²) in [7, 11) is 1.49. The predicted octanol–water partition coefficient (Wildman–Crippen LogP) is 3.52. The molecule has 0 spiro atoms. The van der Waals surface area contributed by atoms with Crippen molar-refractivity contribution >= 4 is 23.2 Å². The minimum absolute atomic E-state index is 0.0675. The van der Waals surface area contributed by atoms with Gasteiger partial charge in [-0.25, -0.2) is 4.39 Å². The largest absolute Gasteiger partial charge is 0.390 e. The Kier molecular flexibility index (Phi) is 5.33. The number of carbonyl (C=O) groups excluding carboxylic acids is 2. The van der Waals surface area contributed by atoms with Crippen molar-refractivity contribution in [2.75, 3.05) is 19.8 Å². The lowest BCUT2D eigenvalue weighted by Gasteiger charge is -2.63. The van der Waals surface area contributed by atoms with Crippen LogP contribution in [0.2, 0.25) is 0 Å². The molecule has 7 heteroatoms. The molecule has 3 saturated carbocycles. The molecule has 4 aliphatic rings. The lowest BCUT2D eigenvalue weighted by molar-refractivity contribution is -0.236. The van der Waals surface area contributed by atoms with Gasteiger partial charge in [0.25, 0.3) is 0 Å². The van der Waals surface area contributed by atoms with Crippen LogP contribution in [0.5, 0.6) is 0 Å². The van der Waals surface area contributed by atoms with Crippen LogP contribution in [-0.2, 0) is 19.1 Å². The Bertz CT molecular complexity index is 826. The summed E-state index contributed by atoms with van der Waals surface area (Å²) in [6.45, 7) is 3.65. The molecule has 0 saturated heterocycles. The quantitative estimate of drug-likeness (QED) is 0.523. The highest BCUT2D eigenvalue weighted by molar-refractivity contribution is 6.29. The average molecular weight is 441 g/mol. The van der Waals surface area contributed by atoms with E-state index in [1.165, 1.54) is 19.3 Å². The molecule has 0 aromatic carbocycles. The zero-order valence-electron chi connectivity index (χ0n) is 17.7. The summed E-state index contributed by atoms with van der Waals surface area (Å²) in [6.07, 6.45) is 5.50. The van der Waals surface area contributed by atoms with Crippen LogP contribution < -0.4 is 0 Å². The molecule has 1 N–H and O–H groups in total. The first-order valence-corrected chi connectivity index (χ1v) is 11.2. The molecule has 3 fully saturated rings. The van der Waals surface area contributed by atoms with Crippen LogP contribution in [0.25, 0.3) is 0 Å². The number of rotatable bonds is 5. The third kappa shape index (κ3) is 2.57. The number of ether oxygens (including phenoxy) is 2.